The van der Waals surface area contributed by atoms with E-state index in [-0.39, 0.29) is 18.1 Å². The smallest absolute Gasteiger partial charge is 0.255 e. The number of nitrogens with one attached hydrogen (secondary N) is 2. The molecule has 0 saturated carbocycles. The zero-order valence-corrected chi connectivity index (χ0v) is 13.7. The van der Waals surface area contributed by atoms with Crippen LogP contribution in [0.25, 0.3) is 0 Å². The van der Waals surface area contributed by atoms with Crippen molar-refractivity contribution < 1.29 is 14.3 Å². The van der Waals surface area contributed by atoms with Crippen molar-refractivity contribution in [3.63, 3.8) is 0 Å². The molecular weight excluding hydrogens is 304 g/mol. The maximum atomic E-state index is 12.7. The molecule has 2 atom stereocenters. The van der Waals surface area contributed by atoms with Crippen LogP contribution in [0.15, 0.2) is 54.6 Å². The Hall–Kier alpha value is -2.37. The molecule has 2 aromatic carbocycles. The Bertz CT molecular complexity index is 675. The molecule has 0 aromatic heterocycles. The van der Waals surface area contributed by atoms with Crippen LogP contribution in [-0.2, 0) is 4.74 Å². The van der Waals surface area contributed by atoms with Gasteiger partial charge in [-0.15, -0.1) is 0 Å². The van der Waals surface area contributed by atoms with Gasteiger partial charge in [0.15, 0.2) is 0 Å². The average molecular weight is 326 g/mol. The SMILES string of the molecule is CO[C@H]1CNCC[C@H]1NC(=O)c1ccccc1Oc1ccccc1. The van der Waals surface area contributed by atoms with Crippen molar-refractivity contribution in [3.8, 4) is 11.5 Å². The van der Waals surface area contributed by atoms with E-state index in [0.29, 0.717) is 17.1 Å². The van der Waals surface area contributed by atoms with Crippen LogP contribution in [0, 0.1) is 0 Å². The summed E-state index contributed by atoms with van der Waals surface area (Å²) in [4.78, 5) is 12.7. The van der Waals surface area contributed by atoms with Gasteiger partial charge in [0.2, 0.25) is 0 Å². The van der Waals surface area contributed by atoms with Crippen LogP contribution in [0.1, 0.15) is 16.8 Å². The second kappa shape index (κ2) is 7.95. The lowest BCUT2D eigenvalue weighted by Gasteiger charge is -2.31. The third kappa shape index (κ3) is 3.93. The van der Waals surface area contributed by atoms with Crippen molar-refractivity contribution in [1.29, 1.82) is 0 Å². The minimum absolute atomic E-state index is 0.00599. The predicted octanol–water partition coefficient (Wildman–Crippen LogP) is 2.59. The van der Waals surface area contributed by atoms with Gasteiger partial charge in [0, 0.05) is 13.7 Å². The number of ether oxygens (including phenoxy) is 2. The van der Waals surface area contributed by atoms with Crippen molar-refractivity contribution in [2.75, 3.05) is 20.2 Å². The summed E-state index contributed by atoms with van der Waals surface area (Å²) >= 11 is 0. The Morgan fingerprint density at radius 2 is 1.88 bits per heavy atom. The summed E-state index contributed by atoms with van der Waals surface area (Å²) in [6, 6.07) is 16.7. The summed E-state index contributed by atoms with van der Waals surface area (Å²) < 4.78 is 11.3. The fraction of sp³-hybridized carbons (Fsp3) is 0.316. The summed E-state index contributed by atoms with van der Waals surface area (Å²) in [5, 5.41) is 6.35. The third-order valence-corrected chi connectivity index (χ3v) is 4.15. The lowest BCUT2D eigenvalue weighted by molar-refractivity contribution is 0.0476. The standard InChI is InChI=1S/C19H22N2O3/c1-23-18-13-20-12-11-16(18)21-19(22)15-9-5-6-10-17(15)24-14-7-3-2-4-8-14/h2-10,16,18,20H,11-13H2,1H3,(H,21,22)/t16-,18+/m1/s1. The summed E-state index contributed by atoms with van der Waals surface area (Å²) in [6.07, 6.45) is 0.816. The van der Waals surface area contributed by atoms with E-state index in [1.165, 1.54) is 0 Å². The van der Waals surface area contributed by atoms with E-state index in [0.717, 1.165) is 19.5 Å². The fourth-order valence-corrected chi connectivity index (χ4v) is 2.85. The minimum atomic E-state index is -0.143. The largest absolute Gasteiger partial charge is 0.457 e. The lowest BCUT2D eigenvalue weighted by atomic mass is 10.0. The molecule has 2 aromatic rings. The van der Waals surface area contributed by atoms with Gasteiger partial charge in [-0.05, 0) is 37.2 Å². The zero-order valence-electron chi connectivity index (χ0n) is 13.7. The van der Waals surface area contributed by atoms with Gasteiger partial charge >= 0.3 is 0 Å². The number of benzene rings is 2. The molecule has 1 amide bonds. The van der Waals surface area contributed by atoms with Crippen molar-refractivity contribution in [3.05, 3.63) is 60.2 Å². The molecule has 0 spiro atoms. The van der Waals surface area contributed by atoms with E-state index >= 15 is 0 Å². The van der Waals surface area contributed by atoms with Gasteiger partial charge < -0.3 is 20.1 Å². The molecule has 2 N–H and O–H groups in total. The molecule has 1 heterocycles. The molecule has 3 rings (SSSR count). The van der Waals surface area contributed by atoms with Gasteiger partial charge in [0.05, 0.1) is 17.7 Å². The quantitative estimate of drug-likeness (QED) is 0.887. The maximum Gasteiger partial charge on any atom is 0.255 e. The van der Waals surface area contributed by atoms with E-state index in [2.05, 4.69) is 10.6 Å². The average Bonchev–Trinajstić information content (AvgIpc) is 2.63. The molecule has 1 saturated heterocycles. The van der Waals surface area contributed by atoms with Gasteiger partial charge in [0.25, 0.3) is 5.91 Å². The first-order valence-corrected chi connectivity index (χ1v) is 8.14. The minimum Gasteiger partial charge on any atom is -0.457 e. The molecule has 5 nitrogen and oxygen atoms in total. The molecule has 1 aliphatic rings. The van der Waals surface area contributed by atoms with Crippen molar-refractivity contribution in [2.45, 2.75) is 18.6 Å². The summed E-state index contributed by atoms with van der Waals surface area (Å²) in [5.74, 6) is 1.11. The Morgan fingerprint density at radius 3 is 2.67 bits per heavy atom. The van der Waals surface area contributed by atoms with Crippen LogP contribution in [0.4, 0.5) is 0 Å². The number of methoxy groups -OCH3 is 1. The first kappa shape index (κ1) is 16.5. The first-order chi connectivity index (χ1) is 11.8. The third-order valence-electron chi connectivity index (χ3n) is 4.15. The highest BCUT2D eigenvalue weighted by molar-refractivity contribution is 5.97. The fourth-order valence-electron chi connectivity index (χ4n) is 2.85. The Kier molecular flexibility index (Phi) is 5.46. The number of hydrogen-bond donors (Lipinski definition) is 2. The van der Waals surface area contributed by atoms with Crippen LogP contribution in [-0.4, -0.2) is 38.3 Å². The number of rotatable bonds is 5. The van der Waals surface area contributed by atoms with Crippen LogP contribution in [0.5, 0.6) is 11.5 Å². The second-order valence-corrected chi connectivity index (χ2v) is 5.76. The topological polar surface area (TPSA) is 59.6 Å². The molecule has 0 unspecified atom stereocenters. The van der Waals surface area contributed by atoms with E-state index in [1.54, 1.807) is 19.2 Å². The Balaban J connectivity index is 1.75. The normalized spacial score (nSPS) is 20.4. The monoisotopic (exact) mass is 326 g/mol. The number of carbonyl (C=O) groups is 1. The summed E-state index contributed by atoms with van der Waals surface area (Å²) in [7, 11) is 1.67. The molecule has 24 heavy (non-hydrogen) atoms. The lowest BCUT2D eigenvalue weighted by Crippen LogP contribution is -2.53. The van der Waals surface area contributed by atoms with Crippen LogP contribution in [0.3, 0.4) is 0 Å². The van der Waals surface area contributed by atoms with E-state index < -0.39 is 0 Å². The Morgan fingerprint density at radius 1 is 1.12 bits per heavy atom. The van der Waals surface area contributed by atoms with E-state index in [1.807, 2.05) is 42.5 Å². The van der Waals surface area contributed by atoms with Gasteiger partial charge in [-0.25, -0.2) is 0 Å². The van der Waals surface area contributed by atoms with Crippen molar-refractivity contribution >= 4 is 5.91 Å². The molecule has 1 fully saturated rings. The van der Waals surface area contributed by atoms with Gasteiger partial charge in [-0.3, -0.25) is 4.79 Å². The van der Waals surface area contributed by atoms with Crippen molar-refractivity contribution in [2.24, 2.45) is 0 Å². The molecule has 0 radical (unpaired) electrons. The van der Waals surface area contributed by atoms with Crippen LogP contribution >= 0.6 is 0 Å². The van der Waals surface area contributed by atoms with Gasteiger partial charge in [-0.2, -0.15) is 0 Å². The summed E-state index contributed by atoms with van der Waals surface area (Å²) in [6.45, 7) is 1.61. The number of para-hydroxylation sites is 2. The van der Waals surface area contributed by atoms with Gasteiger partial charge in [0.1, 0.15) is 11.5 Å². The number of amides is 1. The van der Waals surface area contributed by atoms with Crippen LogP contribution < -0.4 is 15.4 Å². The highest BCUT2D eigenvalue weighted by atomic mass is 16.5. The maximum absolute atomic E-state index is 12.7. The molecule has 5 heteroatoms. The Labute approximate surface area is 142 Å². The molecule has 0 bridgehead atoms. The molecule has 1 aliphatic heterocycles. The second-order valence-electron chi connectivity index (χ2n) is 5.76. The van der Waals surface area contributed by atoms with Gasteiger partial charge in [-0.1, -0.05) is 30.3 Å². The molecular formula is C19H22N2O3. The van der Waals surface area contributed by atoms with E-state index in [4.69, 9.17) is 9.47 Å². The highest BCUT2D eigenvalue weighted by Crippen LogP contribution is 2.25. The summed E-state index contributed by atoms with van der Waals surface area (Å²) in [5.41, 5.74) is 0.523. The first-order valence-electron chi connectivity index (χ1n) is 8.14. The molecule has 126 valence electrons. The van der Waals surface area contributed by atoms with Crippen molar-refractivity contribution in [1.82, 2.24) is 10.6 Å². The number of hydrogen-bond acceptors (Lipinski definition) is 4. The zero-order chi connectivity index (χ0) is 16.8. The van der Waals surface area contributed by atoms with Crippen LogP contribution in [0.2, 0.25) is 0 Å². The predicted molar refractivity (Wildman–Crippen MR) is 92.5 cm³/mol. The number of carbonyl (C=O) groups excluding carboxylic acids is 1. The van der Waals surface area contributed by atoms with E-state index in [9.17, 15) is 4.79 Å². The highest BCUT2D eigenvalue weighted by Gasteiger charge is 2.27. The number of piperidine rings is 1. The molecule has 0 aliphatic carbocycles.